The predicted octanol–water partition coefficient (Wildman–Crippen LogP) is 3.14. The molecule has 0 N–H and O–H groups in total. The molecule has 0 aromatic heterocycles. The van der Waals surface area contributed by atoms with Crippen LogP contribution in [0.2, 0.25) is 0 Å². The topological polar surface area (TPSA) is 63.7 Å². The third-order valence-electron chi connectivity index (χ3n) is 3.87. The fourth-order valence-corrected chi connectivity index (χ4v) is 3.99. The standard InChI is InChI=1S/C19H23NO4S/c1-4-24-19(21)16(3)20(14-17-8-6-5-7-9-17)25(22,23)18-12-10-15(2)11-13-18/h5-13,16H,4,14H2,1-3H3. The van der Waals surface area contributed by atoms with Crippen LogP contribution in [-0.4, -0.2) is 31.3 Å². The molecule has 6 heteroatoms. The van der Waals surface area contributed by atoms with Gasteiger partial charge in [0.1, 0.15) is 6.04 Å². The molecule has 0 bridgehead atoms. The summed E-state index contributed by atoms with van der Waals surface area (Å²) in [6, 6.07) is 14.8. The minimum atomic E-state index is -3.85. The average Bonchev–Trinajstić information content (AvgIpc) is 2.60. The quantitative estimate of drug-likeness (QED) is 0.711. The summed E-state index contributed by atoms with van der Waals surface area (Å²) in [5.41, 5.74) is 1.77. The number of sulfonamides is 1. The van der Waals surface area contributed by atoms with Gasteiger partial charge in [0.15, 0.2) is 0 Å². The Hall–Kier alpha value is -2.18. The van der Waals surface area contributed by atoms with E-state index in [-0.39, 0.29) is 18.0 Å². The lowest BCUT2D eigenvalue weighted by Crippen LogP contribution is -2.43. The van der Waals surface area contributed by atoms with Gasteiger partial charge in [-0.05, 0) is 38.5 Å². The molecule has 0 radical (unpaired) electrons. The zero-order valence-electron chi connectivity index (χ0n) is 14.7. The molecule has 0 fully saturated rings. The maximum atomic E-state index is 13.1. The van der Waals surface area contributed by atoms with Crippen molar-refractivity contribution in [2.75, 3.05) is 6.61 Å². The van der Waals surface area contributed by atoms with Crippen molar-refractivity contribution in [2.45, 2.75) is 38.3 Å². The molecule has 0 saturated carbocycles. The highest BCUT2D eigenvalue weighted by Gasteiger charge is 2.33. The molecule has 0 amide bonds. The van der Waals surface area contributed by atoms with Gasteiger partial charge in [0, 0.05) is 6.54 Å². The first kappa shape index (κ1) is 19.1. The van der Waals surface area contributed by atoms with Crippen LogP contribution in [0.4, 0.5) is 0 Å². The fourth-order valence-electron chi connectivity index (χ4n) is 2.42. The smallest absolute Gasteiger partial charge is 0.324 e. The number of ether oxygens (including phenoxy) is 1. The van der Waals surface area contributed by atoms with Crippen LogP contribution >= 0.6 is 0 Å². The number of nitrogens with zero attached hydrogens (tertiary/aromatic N) is 1. The van der Waals surface area contributed by atoms with E-state index >= 15 is 0 Å². The number of hydrogen-bond donors (Lipinski definition) is 0. The molecule has 2 aromatic rings. The number of carbonyl (C=O) groups is 1. The summed E-state index contributed by atoms with van der Waals surface area (Å²) in [7, 11) is -3.85. The van der Waals surface area contributed by atoms with Crippen LogP contribution in [0, 0.1) is 6.92 Å². The van der Waals surface area contributed by atoms with Gasteiger partial charge in [-0.3, -0.25) is 4.79 Å². The molecule has 1 unspecified atom stereocenters. The van der Waals surface area contributed by atoms with Crippen molar-refractivity contribution < 1.29 is 17.9 Å². The van der Waals surface area contributed by atoms with E-state index in [2.05, 4.69) is 0 Å². The van der Waals surface area contributed by atoms with E-state index in [1.807, 2.05) is 37.3 Å². The zero-order chi connectivity index (χ0) is 18.4. The van der Waals surface area contributed by atoms with Crippen LogP contribution in [0.3, 0.4) is 0 Å². The van der Waals surface area contributed by atoms with E-state index in [0.717, 1.165) is 11.1 Å². The number of benzene rings is 2. The van der Waals surface area contributed by atoms with Crippen molar-refractivity contribution in [1.29, 1.82) is 0 Å². The summed E-state index contributed by atoms with van der Waals surface area (Å²) >= 11 is 0. The van der Waals surface area contributed by atoms with Crippen LogP contribution in [0.5, 0.6) is 0 Å². The Kier molecular flexibility index (Phi) is 6.33. The van der Waals surface area contributed by atoms with Gasteiger partial charge in [0.2, 0.25) is 10.0 Å². The molecule has 0 aliphatic rings. The lowest BCUT2D eigenvalue weighted by atomic mass is 10.2. The van der Waals surface area contributed by atoms with Crippen molar-refractivity contribution in [3.8, 4) is 0 Å². The summed E-state index contributed by atoms with van der Waals surface area (Å²) in [6.45, 7) is 5.43. The van der Waals surface area contributed by atoms with Gasteiger partial charge in [0.25, 0.3) is 0 Å². The highest BCUT2D eigenvalue weighted by atomic mass is 32.2. The van der Waals surface area contributed by atoms with Crippen molar-refractivity contribution in [1.82, 2.24) is 4.31 Å². The van der Waals surface area contributed by atoms with Crippen molar-refractivity contribution in [3.63, 3.8) is 0 Å². The second-order valence-electron chi connectivity index (χ2n) is 5.78. The van der Waals surface area contributed by atoms with Crippen LogP contribution in [0.15, 0.2) is 59.5 Å². The van der Waals surface area contributed by atoms with Gasteiger partial charge in [-0.15, -0.1) is 0 Å². The Labute approximate surface area is 149 Å². The third-order valence-corrected chi connectivity index (χ3v) is 5.80. The van der Waals surface area contributed by atoms with Gasteiger partial charge in [-0.2, -0.15) is 4.31 Å². The van der Waals surface area contributed by atoms with Crippen LogP contribution < -0.4 is 0 Å². The minimum Gasteiger partial charge on any atom is -0.465 e. The third kappa shape index (κ3) is 4.67. The Morgan fingerprint density at radius 3 is 2.24 bits per heavy atom. The summed E-state index contributed by atoms with van der Waals surface area (Å²) in [4.78, 5) is 12.3. The molecular weight excluding hydrogens is 338 g/mol. The van der Waals surface area contributed by atoms with Gasteiger partial charge < -0.3 is 4.74 Å². The predicted molar refractivity (Wildman–Crippen MR) is 96.4 cm³/mol. The number of aryl methyl sites for hydroxylation is 1. The molecule has 0 aliphatic heterocycles. The largest absolute Gasteiger partial charge is 0.465 e. The van der Waals surface area contributed by atoms with Crippen LogP contribution in [0.1, 0.15) is 25.0 Å². The summed E-state index contributed by atoms with van der Waals surface area (Å²) in [5, 5.41) is 0. The summed E-state index contributed by atoms with van der Waals surface area (Å²) in [6.07, 6.45) is 0. The highest BCUT2D eigenvalue weighted by Crippen LogP contribution is 2.22. The number of carbonyl (C=O) groups excluding carboxylic acids is 1. The normalized spacial score (nSPS) is 12.8. The summed E-state index contributed by atoms with van der Waals surface area (Å²) in [5.74, 6) is -0.561. The van der Waals surface area contributed by atoms with E-state index in [0.29, 0.717) is 0 Å². The zero-order valence-corrected chi connectivity index (χ0v) is 15.5. The molecular formula is C19H23NO4S. The lowest BCUT2D eigenvalue weighted by Gasteiger charge is -2.27. The number of rotatable bonds is 7. The average molecular weight is 361 g/mol. The minimum absolute atomic E-state index is 0.0943. The molecule has 0 saturated heterocycles. The SMILES string of the molecule is CCOC(=O)C(C)N(Cc1ccccc1)S(=O)(=O)c1ccc(C)cc1. The summed E-state index contributed by atoms with van der Waals surface area (Å²) < 4.78 is 32.4. The van der Waals surface area contributed by atoms with Crippen molar-refractivity contribution in [3.05, 3.63) is 65.7 Å². The molecule has 1 atom stereocenters. The van der Waals surface area contributed by atoms with Crippen molar-refractivity contribution >= 4 is 16.0 Å². The molecule has 134 valence electrons. The first-order valence-electron chi connectivity index (χ1n) is 8.15. The molecule has 5 nitrogen and oxygen atoms in total. The monoisotopic (exact) mass is 361 g/mol. The molecule has 0 heterocycles. The maximum Gasteiger partial charge on any atom is 0.324 e. The van der Waals surface area contributed by atoms with Gasteiger partial charge in [-0.1, -0.05) is 48.0 Å². The molecule has 25 heavy (non-hydrogen) atoms. The molecule has 0 spiro atoms. The second kappa shape index (κ2) is 8.27. The maximum absolute atomic E-state index is 13.1. The van der Waals surface area contributed by atoms with Crippen LogP contribution in [0.25, 0.3) is 0 Å². The van der Waals surface area contributed by atoms with E-state index in [4.69, 9.17) is 4.74 Å². The van der Waals surface area contributed by atoms with E-state index < -0.39 is 22.0 Å². The van der Waals surface area contributed by atoms with E-state index in [9.17, 15) is 13.2 Å². The number of esters is 1. The second-order valence-corrected chi connectivity index (χ2v) is 7.67. The van der Waals surface area contributed by atoms with E-state index in [1.165, 1.54) is 4.31 Å². The first-order chi connectivity index (χ1) is 11.9. The Morgan fingerprint density at radius 2 is 1.68 bits per heavy atom. The fraction of sp³-hybridized carbons (Fsp3) is 0.316. The van der Waals surface area contributed by atoms with Gasteiger partial charge >= 0.3 is 5.97 Å². The Bertz CT molecular complexity index is 801. The molecule has 0 aliphatic carbocycles. The Morgan fingerprint density at radius 1 is 1.08 bits per heavy atom. The lowest BCUT2D eigenvalue weighted by molar-refractivity contribution is -0.147. The Balaban J connectivity index is 2.42. The van der Waals surface area contributed by atoms with Gasteiger partial charge in [-0.25, -0.2) is 8.42 Å². The molecule has 2 rings (SSSR count). The van der Waals surface area contributed by atoms with Gasteiger partial charge in [0.05, 0.1) is 11.5 Å². The number of hydrogen-bond acceptors (Lipinski definition) is 4. The van der Waals surface area contributed by atoms with Crippen LogP contribution in [-0.2, 0) is 26.1 Å². The molecule has 2 aromatic carbocycles. The van der Waals surface area contributed by atoms with Crippen molar-refractivity contribution in [2.24, 2.45) is 0 Å². The van der Waals surface area contributed by atoms with E-state index in [1.54, 1.807) is 38.1 Å². The highest BCUT2D eigenvalue weighted by molar-refractivity contribution is 7.89. The first-order valence-corrected chi connectivity index (χ1v) is 9.59.